The fraction of sp³-hybridized carbons (Fsp3) is 0.938. The van der Waals surface area contributed by atoms with Gasteiger partial charge in [-0.15, -0.1) is 0 Å². The lowest BCUT2D eigenvalue weighted by atomic mass is 9.60. The third-order valence-electron chi connectivity index (χ3n) is 6.28. The smallest absolute Gasteiger partial charge is 0.241 e. The molecule has 0 aliphatic heterocycles. The first-order valence-corrected chi connectivity index (χ1v) is 10.4. The molecule has 0 aromatic carbocycles. The minimum Gasteiger partial charge on any atom is -0.378 e. The summed E-state index contributed by atoms with van der Waals surface area (Å²) in [6.07, 6.45) is 8.49. The Balaban J connectivity index is 1.72. The zero-order valence-electron chi connectivity index (χ0n) is 13.6. The van der Waals surface area contributed by atoms with E-state index in [4.69, 9.17) is 4.74 Å². The van der Waals surface area contributed by atoms with E-state index in [-0.39, 0.29) is 23.5 Å². The van der Waals surface area contributed by atoms with Crippen LogP contribution in [0, 0.1) is 5.41 Å². The predicted octanol–water partition coefficient (Wildman–Crippen LogP) is 1.81. The molecule has 3 aliphatic carbocycles. The molecule has 0 saturated heterocycles. The van der Waals surface area contributed by atoms with E-state index >= 15 is 0 Å². The molecule has 5 nitrogen and oxygen atoms in total. The van der Waals surface area contributed by atoms with E-state index in [2.05, 4.69) is 5.32 Å². The Hall–Kier alpha value is -0.620. The van der Waals surface area contributed by atoms with Gasteiger partial charge in [-0.1, -0.05) is 12.8 Å². The Labute approximate surface area is 133 Å². The lowest BCUT2D eigenvalue weighted by Crippen LogP contribution is -2.67. The Morgan fingerprint density at radius 3 is 2.27 bits per heavy atom. The van der Waals surface area contributed by atoms with Crippen molar-refractivity contribution >= 4 is 15.7 Å². The zero-order chi connectivity index (χ0) is 16.0. The van der Waals surface area contributed by atoms with E-state index in [1.165, 1.54) is 19.1 Å². The summed E-state index contributed by atoms with van der Waals surface area (Å²) in [4.78, 5) is 12.7. The Bertz CT molecular complexity index is 546. The molecule has 3 saturated carbocycles. The molecule has 1 N–H and O–H groups in total. The van der Waals surface area contributed by atoms with E-state index in [9.17, 15) is 13.2 Å². The summed E-state index contributed by atoms with van der Waals surface area (Å²) in [6, 6.07) is 0.0817. The number of nitrogens with one attached hydrogen (secondary N) is 1. The molecule has 3 fully saturated rings. The average molecular weight is 329 g/mol. The van der Waals surface area contributed by atoms with E-state index in [0.717, 1.165) is 25.7 Å². The minimum absolute atomic E-state index is 0.0497. The van der Waals surface area contributed by atoms with Gasteiger partial charge < -0.3 is 10.1 Å². The van der Waals surface area contributed by atoms with Crippen LogP contribution in [0.5, 0.6) is 0 Å². The Kier molecular flexibility index (Phi) is 4.05. The summed E-state index contributed by atoms with van der Waals surface area (Å²) in [5, 5.41) is 3.09. The van der Waals surface area contributed by atoms with Crippen LogP contribution in [-0.2, 0) is 19.4 Å². The van der Waals surface area contributed by atoms with E-state index in [1.54, 1.807) is 0 Å². The molecule has 1 amide bonds. The average Bonchev–Trinajstić information content (AvgIpc) is 2.86. The first kappa shape index (κ1) is 16.2. The van der Waals surface area contributed by atoms with Crippen molar-refractivity contribution in [2.24, 2.45) is 5.41 Å². The quantitative estimate of drug-likeness (QED) is 0.835. The van der Waals surface area contributed by atoms with Crippen molar-refractivity contribution in [1.82, 2.24) is 5.32 Å². The summed E-state index contributed by atoms with van der Waals surface area (Å²) in [5.41, 5.74) is 0.0497. The molecule has 0 aromatic rings. The Morgan fingerprint density at radius 2 is 1.82 bits per heavy atom. The van der Waals surface area contributed by atoms with Gasteiger partial charge in [0.15, 0.2) is 9.84 Å². The number of sulfone groups is 1. The van der Waals surface area contributed by atoms with Gasteiger partial charge >= 0.3 is 0 Å². The predicted molar refractivity (Wildman–Crippen MR) is 84.3 cm³/mol. The molecule has 22 heavy (non-hydrogen) atoms. The van der Waals surface area contributed by atoms with Gasteiger partial charge in [-0.3, -0.25) is 4.79 Å². The lowest BCUT2D eigenvalue weighted by molar-refractivity contribution is -0.146. The van der Waals surface area contributed by atoms with Crippen molar-refractivity contribution in [3.63, 3.8) is 0 Å². The molecule has 0 bridgehead atoms. The minimum atomic E-state index is -3.36. The maximum Gasteiger partial charge on any atom is 0.241 e. The molecule has 0 unspecified atom stereocenters. The lowest BCUT2D eigenvalue weighted by Gasteiger charge is -2.55. The summed E-state index contributed by atoms with van der Waals surface area (Å²) in [7, 11) is -3.36. The molecule has 6 heteroatoms. The molecule has 3 rings (SSSR count). The van der Waals surface area contributed by atoms with Gasteiger partial charge in [0.25, 0.3) is 0 Å². The highest BCUT2D eigenvalue weighted by Gasteiger charge is 2.60. The molecule has 1 spiro atoms. The van der Waals surface area contributed by atoms with Gasteiger partial charge in [-0.25, -0.2) is 8.42 Å². The largest absolute Gasteiger partial charge is 0.378 e. The number of carbonyl (C=O) groups excluding carboxylic acids is 1. The van der Waals surface area contributed by atoms with Gasteiger partial charge in [-0.05, 0) is 45.4 Å². The number of hydrogen-bond donors (Lipinski definition) is 1. The molecule has 0 heterocycles. The highest BCUT2D eigenvalue weighted by molar-refractivity contribution is 7.93. The standard InChI is InChI=1S/C16H27NO4S/c1-3-21-13-11-12(15(13)7-4-5-8-15)17-14(18)16(9-6-10-16)22(2,19)20/h12-13H,3-11H2,1-2H3,(H,17,18)/t12-,13+/m0/s1. The molecule has 0 radical (unpaired) electrons. The van der Waals surface area contributed by atoms with Crippen LogP contribution in [0.1, 0.15) is 58.3 Å². The van der Waals surface area contributed by atoms with Gasteiger partial charge in [0.1, 0.15) is 4.75 Å². The van der Waals surface area contributed by atoms with Crippen LogP contribution in [0.25, 0.3) is 0 Å². The third kappa shape index (κ3) is 2.21. The van der Waals surface area contributed by atoms with Crippen LogP contribution >= 0.6 is 0 Å². The Morgan fingerprint density at radius 1 is 1.18 bits per heavy atom. The van der Waals surface area contributed by atoms with Crippen LogP contribution in [0.4, 0.5) is 0 Å². The van der Waals surface area contributed by atoms with Crippen molar-refractivity contribution in [1.29, 1.82) is 0 Å². The van der Waals surface area contributed by atoms with Gasteiger partial charge in [-0.2, -0.15) is 0 Å². The van der Waals surface area contributed by atoms with Gasteiger partial charge in [0, 0.05) is 24.3 Å². The summed E-state index contributed by atoms with van der Waals surface area (Å²) < 4.78 is 28.8. The first-order chi connectivity index (χ1) is 10.4. The number of ether oxygens (including phenoxy) is 1. The van der Waals surface area contributed by atoms with Crippen molar-refractivity contribution in [2.45, 2.75) is 75.2 Å². The van der Waals surface area contributed by atoms with Gasteiger partial charge in [0.05, 0.1) is 6.10 Å². The number of rotatable bonds is 5. The second kappa shape index (κ2) is 5.48. The second-order valence-electron chi connectivity index (χ2n) is 7.27. The first-order valence-electron chi connectivity index (χ1n) is 8.48. The number of amides is 1. The second-order valence-corrected chi connectivity index (χ2v) is 9.59. The van der Waals surface area contributed by atoms with Crippen molar-refractivity contribution in [2.75, 3.05) is 12.9 Å². The highest BCUT2D eigenvalue weighted by atomic mass is 32.2. The number of carbonyl (C=O) groups is 1. The normalized spacial score (nSPS) is 32.3. The molecule has 126 valence electrons. The number of hydrogen-bond acceptors (Lipinski definition) is 4. The van der Waals surface area contributed by atoms with Crippen molar-refractivity contribution < 1.29 is 17.9 Å². The molecule has 3 aliphatic rings. The molecule has 2 atom stereocenters. The SMILES string of the molecule is CCO[C@@H]1C[C@H](NC(=O)C2(S(C)(=O)=O)CCC2)C12CCCC2. The summed E-state index contributed by atoms with van der Waals surface area (Å²) in [5.74, 6) is -0.271. The zero-order valence-corrected chi connectivity index (χ0v) is 14.4. The topological polar surface area (TPSA) is 72.5 Å². The van der Waals surface area contributed by atoms with Crippen LogP contribution in [0.15, 0.2) is 0 Å². The van der Waals surface area contributed by atoms with E-state index in [1.807, 2.05) is 6.92 Å². The third-order valence-corrected chi connectivity index (χ3v) is 8.29. The summed E-state index contributed by atoms with van der Waals surface area (Å²) in [6.45, 7) is 2.70. The van der Waals surface area contributed by atoms with Crippen molar-refractivity contribution in [3.05, 3.63) is 0 Å². The van der Waals surface area contributed by atoms with Crippen molar-refractivity contribution in [3.8, 4) is 0 Å². The van der Waals surface area contributed by atoms with Crippen LogP contribution in [0.3, 0.4) is 0 Å². The molecular formula is C16H27NO4S. The molecular weight excluding hydrogens is 302 g/mol. The van der Waals surface area contributed by atoms with Crippen LogP contribution in [-0.4, -0.2) is 44.1 Å². The summed E-state index contributed by atoms with van der Waals surface area (Å²) >= 11 is 0. The highest BCUT2D eigenvalue weighted by Crippen LogP contribution is 2.55. The van der Waals surface area contributed by atoms with Crippen LogP contribution in [0.2, 0.25) is 0 Å². The monoisotopic (exact) mass is 329 g/mol. The van der Waals surface area contributed by atoms with Crippen LogP contribution < -0.4 is 5.32 Å². The maximum atomic E-state index is 12.7. The van der Waals surface area contributed by atoms with E-state index < -0.39 is 14.6 Å². The molecule has 0 aromatic heterocycles. The fourth-order valence-electron chi connectivity index (χ4n) is 4.64. The van der Waals surface area contributed by atoms with Gasteiger partial charge in [0.2, 0.25) is 5.91 Å². The maximum absolute atomic E-state index is 12.7. The van der Waals surface area contributed by atoms with E-state index in [0.29, 0.717) is 19.4 Å². The fourth-order valence-corrected chi connectivity index (χ4v) is 6.07.